The average molecular weight is 406 g/mol. The molecular formula is C23H26N4O3. The molecule has 2 aliphatic heterocycles. The van der Waals surface area contributed by atoms with Crippen LogP contribution in [0.4, 0.5) is 0 Å². The highest BCUT2D eigenvalue weighted by Crippen LogP contribution is 2.31. The Bertz CT molecular complexity index is 994. The zero-order chi connectivity index (χ0) is 20.3. The highest BCUT2D eigenvalue weighted by Gasteiger charge is 2.20. The number of ether oxygens (including phenoxy) is 2. The van der Waals surface area contributed by atoms with E-state index in [-0.39, 0.29) is 0 Å². The number of aromatic nitrogens is 2. The summed E-state index contributed by atoms with van der Waals surface area (Å²) < 4.78 is 16.8. The number of benzene rings is 2. The van der Waals surface area contributed by atoms with Crippen molar-refractivity contribution >= 4 is 0 Å². The molecule has 0 N–H and O–H groups in total. The third-order valence-corrected chi connectivity index (χ3v) is 5.61. The van der Waals surface area contributed by atoms with Gasteiger partial charge < -0.3 is 14.0 Å². The number of rotatable bonds is 5. The van der Waals surface area contributed by atoms with Crippen molar-refractivity contribution in [3.05, 3.63) is 59.4 Å². The molecule has 7 heteroatoms. The van der Waals surface area contributed by atoms with Crippen LogP contribution < -0.4 is 9.47 Å². The fraction of sp³-hybridized carbons (Fsp3) is 0.391. The minimum Gasteiger partial charge on any atom is -0.486 e. The summed E-state index contributed by atoms with van der Waals surface area (Å²) >= 11 is 0. The Morgan fingerprint density at radius 3 is 2.30 bits per heavy atom. The normalized spacial score (nSPS) is 17.2. The van der Waals surface area contributed by atoms with Crippen LogP contribution in [0.15, 0.2) is 47.0 Å². The molecule has 0 unspecified atom stereocenters. The molecular weight excluding hydrogens is 380 g/mol. The minimum atomic E-state index is 0.585. The second-order valence-electron chi connectivity index (χ2n) is 7.91. The first-order valence-corrected chi connectivity index (χ1v) is 10.5. The predicted molar refractivity (Wildman–Crippen MR) is 112 cm³/mol. The first kappa shape index (κ1) is 19.1. The molecule has 0 amide bonds. The maximum atomic E-state index is 5.70. The highest BCUT2D eigenvalue weighted by molar-refractivity contribution is 5.53. The lowest BCUT2D eigenvalue weighted by Gasteiger charge is -2.34. The molecule has 2 aromatic carbocycles. The summed E-state index contributed by atoms with van der Waals surface area (Å²) in [6, 6.07) is 14.4. The maximum absolute atomic E-state index is 5.70. The zero-order valence-corrected chi connectivity index (χ0v) is 17.2. The Kier molecular flexibility index (Phi) is 5.38. The number of fused-ring (bicyclic) bond motifs is 1. The average Bonchev–Trinajstić information content (AvgIpc) is 3.24. The van der Waals surface area contributed by atoms with Crippen LogP contribution in [0, 0.1) is 6.92 Å². The van der Waals surface area contributed by atoms with Crippen LogP contribution in [0.2, 0.25) is 0 Å². The molecule has 5 rings (SSSR count). The molecule has 1 aromatic heterocycles. The Morgan fingerprint density at radius 1 is 0.833 bits per heavy atom. The fourth-order valence-corrected chi connectivity index (χ4v) is 3.88. The monoisotopic (exact) mass is 406 g/mol. The molecule has 0 spiro atoms. The topological polar surface area (TPSA) is 63.9 Å². The van der Waals surface area contributed by atoms with Crippen molar-refractivity contribution in [1.82, 2.24) is 19.9 Å². The van der Waals surface area contributed by atoms with Crippen LogP contribution in [-0.2, 0) is 13.1 Å². The maximum Gasteiger partial charge on any atom is 0.257 e. The van der Waals surface area contributed by atoms with Gasteiger partial charge in [0.1, 0.15) is 13.2 Å². The van der Waals surface area contributed by atoms with Gasteiger partial charge in [0, 0.05) is 38.3 Å². The van der Waals surface area contributed by atoms with Gasteiger partial charge in [0.15, 0.2) is 17.3 Å². The third-order valence-electron chi connectivity index (χ3n) is 5.61. The van der Waals surface area contributed by atoms with Crippen LogP contribution in [-0.4, -0.2) is 59.3 Å². The van der Waals surface area contributed by atoms with E-state index in [0.29, 0.717) is 25.6 Å². The quantitative estimate of drug-likeness (QED) is 0.645. The molecule has 156 valence electrons. The second kappa shape index (κ2) is 8.45. The van der Waals surface area contributed by atoms with Gasteiger partial charge in [0.25, 0.3) is 5.89 Å². The number of aryl methyl sites for hydroxylation is 1. The summed E-state index contributed by atoms with van der Waals surface area (Å²) in [5, 5.41) is 4.17. The van der Waals surface area contributed by atoms with Crippen LogP contribution >= 0.6 is 0 Å². The molecule has 2 aliphatic rings. The van der Waals surface area contributed by atoms with Crippen molar-refractivity contribution in [1.29, 1.82) is 0 Å². The lowest BCUT2D eigenvalue weighted by molar-refractivity contribution is 0.119. The van der Waals surface area contributed by atoms with Gasteiger partial charge in [-0.25, -0.2) is 0 Å². The first-order chi connectivity index (χ1) is 14.7. The van der Waals surface area contributed by atoms with Gasteiger partial charge in [-0.05, 0) is 36.8 Å². The molecule has 30 heavy (non-hydrogen) atoms. The van der Waals surface area contributed by atoms with E-state index < -0.39 is 0 Å². The smallest absolute Gasteiger partial charge is 0.257 e. The molecule has 0 saturated carbocycles. The SMILES string of the molecule is Cc1ccc(-c2nc(CN3CCN(Cc4ccc5c(c4)OCCO5)CC3)no2)cc1. The Balaban J connectivity index is 1.14. The van der Waals surface area contributed by atoms with Gasteiger partial charge in [-0.3, -0.25) is 9.80 Å². The number of hydrogen-bond donors (Lipinski definition) is 0. The standard InChI is InChI=1S/C23H26N4O3/c1-17-2-5-19(6-3-17)23-24-22(25-30-23)16-27-10-8-26(9-11-27)15-18-4-7-20-21(14-18)29-13-12-28-20/h2-7,14H,8-13,15-16H2,1H3. The highest BCUT2D eigenvalue weighted by atomic mass is 16.6. The lowest BCUT2D eigenvalue weighted by atomic mass is 10.1. The minimum absolute atomic E-state index is 0.585. The van der Waals surface area contributed by atoms with Crippen molar-refractivity contribution in [2.24, 2.45) is 0 Å². The molecule has 0 atom stereocenters. The van der Waals surface area contributed by atoms with E-state index in [9.17, 15) is 0 Å². The fourth-order valence-electron chi connectivity index (χ4n) is 3.88. The molecule has 3 heterocycles. The molecule has 3 aromatic rings. The van der Waals surface area contributed by atoms with Crippen molar-refractivity contribution in [3.63, 3.8) is 0 Å². The summed E-state index contributed by atoms with van der Waals surface area (Å²) in [6.45, 7) is 8.94. The van der Waals surface area contributed by atoms with E-state index in [0.717, 1.165) is 55.6 Å². The van der Waals surface area contributed by atoms with Crippen LogP contribution in [0.25, 0.3) is 11.5 Å². The van der Waals surface area contributed by atoms with Crippen molar-refractivity contribution < 1.29 is 14.0 Å². The summed E-state index contributed by atoms with van der Waals surface area (Å²) in [6.07, 6.45) is 0. The van der Waals surface area contributed by atoms with Gasteiger partial charge in [0.2, 0.25) is 0 Å². The first-order valence-electron chi connectivity index (χ1n) is 10.5. The number of piperazine rings is 1. The predicted octanol–water partition coefficient (Wildman–Crippen LogP) is 3.13. The number of hydrogen-bond acceptors (Lipinski definition) is 7. The lowest BCUT2D eigenvalue weighted by Crippen LogP contribution is -2.45. The third kappa shape index (κ3) is 4.32. The van der Waals surface area contributed by atoms with E-state index >= 15 is 0 Å². The van der Waals surface area contributed by atoms with Gasteiger partial charge in [-0.15, -0.1) is 0 Å². The molecule has 0 radical (unpaired) electrons. The van der Waals surface area contributed by atoms with Gasteiger partial charge in [-0.1, -0.05) is 28.9 Å². The van der Waals surface area contributed by atoms with E-state index in [1.807, 2.05) is 18.2 Å². The largest absolute Gasteiger partial charge is 0.486 e. The van der Waals surface area contributed by atoms with Gasteiger partial charge in [0.05, 0.1) is 6.54 Å². The van der Waals surface area contributed by atoms with Crippen LogP contribution in [0.3, 0.4) is 0 Å². The van der Waals surface area contributed by atoms with Crippen molar-refractivity contribution in [3.8, 4) is 23.0 Å². The molecule has 1 fully saturated rings. The summed E-state index contributed by atoms with van der Waals surface area (Å²) in [7, 11) is 0. The zero-order valence-electron chi connectivity index (χ0n) is 17.2. The summed E-state index contributed by atoms with van der Waals surface area (Å²) in [5.41, 5.74) is 3.44. The van der Waals surface area contributed by atoms with Crippen molar-refractivity contribution in [2.75, 3.05) is 39.4 Å². The van der Waals surface area contributed by atoms with Crippen LogP contribution in [0.5, 0.6) is 11.5 Å². The second-order valence-corrected chi connectivity index (χ2v) is 7.91. The van der Waals surface area contributed by atoms with E-state index in [1.165, 1.54) is 11.1 Å². The van der Waals surface area contributed by atoms with Gasteiger partial charge >= 0.3 is 0 Å². The van der Waals surface area contributed by atoms with E-state index in [1.54, 1.807) is 0 Å². The Labute approximate surface area is 176 Å². The Morgan fingerprint density at radius 2 is 1.53 bits per heavy atom. The van der Waals surface area contributed by atoms with E-state index in [2.05, 4.69) is 51.1 Å². The molecule has 0 aliphatic carbocycles. The molecule has 0 bridgehead atoms. The Hall–Kier alpha value is -2.90. The summed E-state index contributed by atoms with van der Waals surface area (Å²) in [4.78, 5) is 9.42. The van der Waals surface area contributed by atoms with Crippen LogP contribution in [0.1, 0.15) is 17.0 Å². The van der Waals surface area contributed by atoms with E-state index in [4.69, 9.17) is 14.0 Å². The van der Waals surface area contributed by atoms with Gasteiger partial charge in [-0.2, -0.15) is 4.98 Å². The molecule has 1 saturated heterocycles. The summed E-state index contributed by atoms with van der Waals surface area (Å²) in [5.74, 6) is 3.03. The molecule has 7 nitrogen and oxygen atoms in total. The van der Waals surface area contributed by atoms with Crippen molar-refractivity contribution in [2.45, 2.75) is 20.0 Å². The number of nitrogens with zero attached hydrogens (tertiary/aromatic N) is 4.